The standard InChI is InChI=1S/C16H19N3O2/c1-10(13-9-20-14-5-3-2-4-12(13)14)17-8-15-18-16(21-19-15)11-6-7-11/h2-5,10-11,13,17H,6-9H2,1H3/t10-,13-/m1/s1. The predicted octanol–water partition coefficient (Wildman–Crippen LogP) is 2.60. The van der Waals surface area contributed by atoms with Crippen LogP contribution in [-0.4, -0.2) is 22.8 Å². The van der Waals surface area contributed by atoms with Crippen LogP contribution < -0.4 is 10.1 Å². The van der Waals surface area contributed by atoms with Gasteiger partial charge in [-0.15, -0.1) is 0 Å². The molecule has 1 aliphatic heterocycles. The third kappa shape index (κ3) is 2.53. The molecule has 1 aliphatic carbocycles. The van der Waals surface area contributed by atoms with Crippen molar-refractivity contribution in [2.75, 3.05) is 6.61 Å². The molecule has 2 aromatic rings. The number of hydrogen-bond acceptors (Lipinski definition) is 5. The van der Waals surface area contributed by atoms with E-state index in [0.29, 0.717) is 24.4 Å². The smallest absolute Gasteiger partial charge is 0.229 e. The fourth-order valence-corrected chi connectivity index (χ4v) is 2.83. The summed E-state index contributed by atoms with van der Waals surface area (Å²) in [5.74, 6) is 3.44. The molecule has 1 aromatic heterocycles. The molecule has 0 bridgehead atoms. The Morgan fingerprint density at radius 1 is 1.33 bits per heavy atom. The molecule has 5 heteroatoms. The number of aromatic nitrogens is 2. The van der Waals surface area contributed by atoms with Crippen LogP contribution >= 0.6 is 0 Å². The molecule has 0 radical (unpaired) electrons. The van der Waals surface area contributed by atoms with E-state index in [2.05, 4.69) is 34.5 Å². The number of nitrogens with one attached hydrogen (secondary N) is 1. The van der Waals surface area contributed by atoms with Gasteiger partial charge in [0.1, 0.15) is 5.75 Å². The first-order valence-electron chi connectivity index (χ1n) is 7.59. The molecular formula is C16H19N3O2. The Hall–Kier alpha value is -1.88. The zero-order valence-electron chi connectivity index (χ0n) is 12.1. The summed E-state index contributed by atoms with van der Waals surface area (Å²) in [5, 5.41) is 7.53. The van der Waals surface area contributed by atoms with Crippen molar-refractivity contribution in [3.8, 4) is 5.75 Å². The molecular weight excluding hydrogens is 266 g/mol. The molecule has 2 heterocycles. The fourth-order valence-electron chi connectivity index (χ4n) is 2.83. The lowest BCUT2D eigenvalue weighted by Crippen LogP contribution is -2.32. The summed E-state index contributed by atoms with van der Waals surface area (Å²) in [6.45, 7) is 3.54. The fraction of sp³-hybridized carbons (Fsp3) is 0.500. The van der Waals surface area contributed by atoms with Crippen LogP contribution in [0.25, 0.3) is 0 Å². The lowest BCUT2D eigenvalue weighted by atomic mass is 9.94. The van der Waals surface area contributed by atoms with Gasteiger partial charge < -0.3 is 14.6 Å². The Labute approximate surface area is 123 Å². The zero-order chi connectivity index (χ0) is 14.2. The van der Waals surface area contributed by atoms with Crippen molar-refractivity contribution in [3.05, 3.63) is 41.5 Å². The van der Waals surface area contributed by atoms with E-state index in [1.165, 1.54) is 18.4 Å². The number of benzene rings is 1. The van der Waals surface area contributed by atoms with Crippen molar-refractivity contribution in [3.63, 3.8) is 0 Å². The van der Waals surface area contributed by atoms with Gasteiger partial charge in [-0.2, -0.15) is 4.98 Å². The second-order valence-electron chi connectivity index (χ2n) is 5.95. The van der Waals surface area contributed by atoms with Crippen LogP contribution in [0.1, 0.15) is 48.9 Å². The van der Waals surface area contributed by atoms with E-state index in [4.69, 9.17) is 9.26 Å². The largest absolute Gasteiger partial charge is 0.493 e. The summed E-state index contributed by atoms with van der Waals surface area (Å²) in [4.78, 5) is 4.44. The molecule has 1 fully saturated rings. The van der Waals surface area contributed by atoms with Gasteiger partial charge in [0.2, 0.25) is 5.89 Å². The van der Waals surface area contributed by atoms with Crippen LogP contribution in [0.3, 0.4) is 0 Å². The molecule has 21 heavy (non-hydrogen) atoms. The van der Waals surface area contributed by atoms with Gasteiger partial charge in [-0.1, -0.05) is 23.4 Å². The SMILES string of the molecule is C[C@@H](NCc1noc(C2CC2)n1)[C@H]1COc2ccccc21. The van der Waals surface area contributed by atoms with Gasteiger partial charge in [0.25, 0.3) is 0 Å². The minimum absolute atomic E-state index is 0.302. The molecule has 1 aromatic carbocycles. The van der Waals surface area contributed by atoms with Gasteiger partial charge in [0.15, 0.2) is 5.82 Å². The van der Waals surface area contributed by atoms with E-state index in [-0.39, 0.29) is 0 Å². The highest BCUT2D eigenvalue weighted by Crippen LogP contribution is 2.39. The molecule has 1 N–H and O–H groups in total. The highest BCUT2D eigenvalue weighted by Gasteiger charge is 2.30. The van der Waals surface area contributed by atoms with Gasteiger partial charge in [0.05, 0.1) is 13.2 Å². The summed E-state index contributed by atoms with van der Waals surface area (Å²) in [6.07, 6.45) is 2.36. The maximum Gasteiger partial charge on any atom is 0.229 e. The maximum atomic E-state index is 5.74. The summed E-state index contributed by atoms with van der Waals surface area (Å²) in [6, 6.07) is 8.55. The van der Waals surface area contributed by atoms with E-state index < -0.39 is 0 Å². The van der Waals surface area contributed by atoms with Gasteiger partial charge in [-0.3, -0.25) is 0 Å². The van der Waals surface area contributed by atoms with Crippen molar-refractivity contribution in [2.45, 2.75) is 44.2 Å². The highest BCUT2D eigenvalue weighted by atomic mass is 16.5. The van der Waals surface area contributed by atoms with Crippen LogP contribution in [0.4, 0.5) is 0 Å². The average Bonchev–Trinajstić information content (AvgIpc) is 3.10. The first-order valence-corrected chi connectivity index (χ1v) is 7.59. The van der Waals surface area contributed by atoms with Crippen molar-refractivity contribution in [1.82, 2.24) is 15.5 Å². The van der Waals surface area contributed by atoms with E-state index in [0.717, 1.165) is 24.1 Å². The van der Waals surface area contributed by atoms with Crippen LogP contribution in [-0.2, 0) is 6.54 Å². The minimum Gasteiger partial charge on any atom is -0.493 e. The van der Waals surface area contributed by atoms with Crippen LogP contribution in [0, 0.1) is 0 Å². The normalized spacial score (nSPS) is 21.9. The number of ether oxygens (including phenoxy) is 1. The monoisotopic (exact) mass is 285 g/mol. The first-order chi connectivity index (χ1) is 10.3. The third-order valence-electron chi connectivity index (χ3n) is 4.33. The summed E-state index contributed by atoms with van der Waals surface area (Å²) in [5.41, 5.74) is 1.28. The lowest BCUT2D eigenvalue weighted by molar-refractivity contribution is 0.302. The Bertz CT molecular complexity index is 636. The molecule has 110 valence electrons. The second-order valence-corrected chi connectivity index (χ2v) is 5.95. The Balaban J connectivity index is 1.38. The van der Waals surface area contributed by atoms with E-state index in [9.17, 15) is 0 Å². The summed E-state index contributed by atoms with van der Waals surface area (Å²) in [7, 11) is 0. The summed E-state index contributed by atoms with van der Waals surface area (Å²) >= 11 is 0. The van der Waals surface area contributed by atoms with Gasteiger partial charge in [-0.25, -0.2) is 0 Å². The molecule has 4 rings (SSSR count). The topological polar surface area (TPSA) is 60.2 Å². The second kappa shape index (κ2) is 5.15. The quantitative estimate of drug-likeness (QED) is 0.915. The predicted molar refractivity (Wildman–Crippen MR) is 77.3 cm³/mol. The number of nitrogens with zero attached hydrogens (tertiary/aromatic N) is 2. The summed E-state index contributed by atoms with van der Waals surface area (Å²) < 4.78 is 11.0. The highest BCUT2D eigenvalue weighted by molar-refractivity contribution is 5.40. The third-order valence-corrected chi connectivity index (χ3v) is 4.33. The zero-order valence-corrected chi connectivity index (χ0v) is 12.1. The molecule has 0 amide bonds. The first kappa shape index (κ1) is 12.8. The van der Waals surface area contributed by atoms with Crippen LogP contribution in [0.2, 0.25) is 0 Å². The molecule has 0 unspecified atom stereocenters. The number of fused-ring (bicyclic) bond motifs is 1. The lowest BCUT2D eigenvalue weighted by Gasteiger charge is -2.18. The Morgan fingerprint density at radius 3 is 3.05 bits per heavy atom. The van der Waals surface area contributed by atoms with Crippen LogP contribution in [0.15, 0.2) is 28.8 Å². The number of para-hydroxylation sites is 1. The van der Waals surface area contributed by atoms with E-state index >= 15 is 0 Å². The Kier molecular flexibility index (Phi) is 3.15. The maximum absolute atomic E-state index is 5.74. The molecule has 2 aliphatic rings. The van der Waals surface area contributed by atoms with E-state index in [1.807, 2.05) is 12.1 Å². The van der Waals surface area contributed by atoms with Crippen molar-refractivity contribution in [1.29, 1.82) is 0 Å². The average molecular weight is 285 g/mol. The van der Waals surface area contributed by atoms with E-state index in [1.54, 1.807) is 0 Å². The van der Waals surface area contributed by atoms with Crippen molar-refractivity contribution < 1.29 is 9.26 Å². The molecule has 0 saturated heterocycles. The minimum atomic E-state index is 0.302. The number of hydrogen-bond donors (Lipinski definition) is 1. The van der Waals surface area contributed by atoms with Gasteiger partial charge in [0, 0.05) is 23.4 Å². The van der Waals surface area contributed by atoms with Crippen molar-refractivity contribution in [2.24, 2.45) is 0 Å². The molecule has 0 spiro atoms. The Morgan fingerprint density at radius 2 is 2.19 bits per heavy atom. The van der Waals surface area contributed by atoms with Crippen LogP contribution in [0.5, 0.6) is 5.75 Å². The van der Waals surface area contributed by atoms with Gasteiger partial charge in [-0.05, 0) is 25.8 Å². The molecule has 1 saturated carbocycles. The molecule has 2 atom stereocenters. The molecule has 5 nitrogen and oxygen atoms in total. The number of rotatable bonds is 5. The van der Waals surface area contributed by atoms with Gasteiger partial charge >= 0.3 is 0 Å². The van der Waals surface area contributed by atoms with Crippen molar-refractivity contribution >= 4 is 0 Å².